The van der Waals surface area contributed by atoms with Crippen molar-refractivity contribution in [2.75, 3.05) is 5.73 Å². The van der Waals surface area contributed by atoms with Crippen molar-refractivity contribution < 1.29 is 0 Å². The Morgan fingerprint density at radius 2 is 1.41 bits per heavy atom. The maximum Gasteiger partial charge on any atom is 0.0314 e. The van der Waals surface area contributed by atoms with Crippen LogP contribution < -0.4 is 5.73 Å². The van der Waals surface area contributed by atoms with Gasteiger partial charge in [-0.15, -0.1) is 6.58 Å². The monoisotopic (exact) mass is 223 g/mol. The normalized spacial score (nSPS) is 10.1. The molecular weight excluding hydrogens is 206 g/mol. The minimum Gasteiger partial charge on any atom is -0.399 e. The van der Waals surface area contributed by atoms with Crippen LogP contribution in [0.15, 0.2) is 61.2 Å². The Kier molecular flexibility index (Phi) is 3.61. The molecule has 17 heavy (non-hydrogen) atoms. The van der Waals surface area contributed by atoms with Gasteiger partial charge in [-0.05, 0) is 41.7 Å². The first-order valence-corrected chi connectivity index (χ1v) is 5.85. The molecule has 2 rings (SSSR count). The van der Waals surface area contributed by atoms with Gasteiger partial charge in [-0.2, -0.15) is 0 Å². The number of allylic oxidation sites excluding steroid dienone is 1. The van der Waals surface area contributed by atoms with Crippen LogP contribution in [-0.4, -0.2) is 0 Å². The second-order valence-corrected chi connectivity index (χ2v) is 4.15. The lowest BCUT2D eigenvalue weighted by Gasteiger charge is -2.04. The molecule has 1 nitrogen and oxygen atoms in total. The maximum absolute atomic E-state index is 5.67. The van der Waals surface area contributed by atoms with Gasteiger partial charge in [0.15, 0.2) is 0 Å². The fourth-order valence-corrected chi connectivity index (χ4v) is 1.81. The molecule has 0 amide bonds. The summed E-state index contributed by atoms with van der Waals surface area (Å²) in [7, 11) is 0. The molecule has 0 unspecified atom stereocenters. The molecule has 0 spiro atoms. The summed E-state index contributed by atoms with van der Waals surface area (Å²) in [4.78, 5) is 0. The lowest BCUT2D eigenvalue weighted by molar-refractivity contribution is 1.00. The first-order chi connectivity index (χ1) is 8.29. The molecule has 0 saturated carbocycles. The van der Waals surface area contributed by atoms with Crippen molar-refractivity contribution >= 4 is 5.69 Å². The molecule has 0 bridgehead atoms. The predicted molar refractivity (Wildman–Crippen MR) is 74.8 cm³/mol. The van der Waals surface area contributed by atoms with E-state index in [1.54, 1.807) is 0 Å². The van der Waals surface area contributed by atoms with Gasteiger partial charge in [0.2, 0.25) is 0 Å². The second kappa shape index (κ2) is 5.35. The quantitative estimate of drug-likeness (QED) is 0.614. The van der Waals surface area contributed by atoms with E-state index in [2.05, 4.69) is 30.8 Å². The van der Waals surface area contributed by atoms with Crippen LogP contribution >= 0.6 is 0 Å². The Morgan fingerprint density at radius 3 is 1.94 bits per heavy atom. The second-order valence-electron chi connectivity index (χ2n) is 4.15. The molecule has 2 aromatic rings. The maximum atomic E-state index is 5.67. The zero-order valence-corrected chi connectivity index (χ0v) is 9.89. The van der Waals surface area contributed by atoms with Gasteiger partial charge in [0.05, 0.1) is 0 Å². The zero-order chi connectivity index (χ0) is 12.1. The van der Waals surface area contributed by atoms with Crippen molar-refractivity contribution in [2.45, 2.75) is 12.8 Å². The van der Waals surface area contributed by atoms with E-state index in [4.69, 9.17) is 5.73 Å². The molecular formula is C16H17N. The van der Waals surface area contributed by atoms with Crippen molar-refractivity contribution in [2.24, 2.45) is 0 Å². The molecule has 0 heterocycles. The standard InChI is InChI=1S/C16H17N/c1-2-3-4-13-5-7-14(8-6-13)15-9-11-16(17)12-10-15/h2,5-12H,1,3-4,17H2. The van der Waals surface area contributed by atoms with E-state index in [1.165, 1.54) is 16.7 Å². The van der Waals surface area contributed by atoms with Crippen molar-refractivity contribution in [1.29, 1.82) is 0 Å². The SMILES string of the molecule is C=CCCc1ccc(-c2ccc(N)cc2)cc1. The van der Waals surface area contributed by atoms with Crippen molar-refractivity contribution in [3.63, 3.8) is 0 Å². The number of hydrogen-bond donors (Lipinski definition) is 1. The van der Waals surface area contributed by atoms with Crippen LogP contribution in [0.5, 0.6) is 0 Å². The summed E-state index contributed by atoms with van der Waals surface area (Å²) in [6.07, 6.45) is 4.04. The first kappa shape index (κ1) is 11.5. The van der Waals surface area contributed by atoms with E-state index in [0.717, 1.165) is 18.5 Å². The predicted octanol–water partition coefficient (Wildman–Crippen LogP) is 4.05. The summed E-state index contributed by atoms with van der Waals surface area (Å²) in [6, 6.07) is 16.6. The van der Waals surface area contributed by atoms with Crippen molar-refractivity contribution in [3.05, 3.63) is 66.7 Å². The smallest absolute Gasteiger partial charge is 0.0314 e. The molecule has 0 aliphatic rings. The van der Waals surface area contributed by atoms with Crippen LogP contribution in [0.25, 0.3) is 11.1 Å². The van der Waals surface area contributed by atoms with Gasteiger partial charge >= 0.3 is 0 Å². The molecule has 0 atom stereocenters. The third-order valence-electron chi connectivity index (χ3n) is 2.84. The van der Waals surface area contributed by atoms with Gasteiger partial charge in [-0.1, -0.05) is 42.5 Å². The number of nitrogen functional groups attached to an aromatic ring is 1. The average Bonchev–Trinajstić information content (AvgIpc) is 2.38. The van der Waals surface area contributed by atoms with E-state index in [0.29, 0.717) is 0 Å². The fraction of sp³-hybridized carbons (Fsp3) is 0.125. The molecule has 86 valence electrons. The molecule has 0 fully saturated rings. The summed E-state index contributed by atoms with van der Waals surface area (Å²) in [5.74, 6) is 0. The molecule has 0 aliphatic heterocycles. The third-order valence-corrected chi connectivity index (χ3v) is 2.84. The molecule has 0 aliphatic carbocycles. The fourth-order valence-electron chi connectivity index (χ4n) is 1.81. The average molecular weight is 223 g/mol. The zero-order valence-electron chi connectivity index (χ0n) is 9.89. The first-order valence-electron chi connectivity index (χ1n) is 5.85. The molecule has 2 aromatic carbocycles. The largest absolute Gasteiger partial charge is 0.399 e. The Bertz CT molecular complexity index is 480. The number of benzene rings is 2. The molecule has 0 radical (unpaired) electrons. The van der Waals surface area contributed by atoms with E-state index in [-0.39, 0.29) is 0 Å². The molecule has 0 aromatic heterocycles. The highest BCUT2D eigenvalue weighted by atomic mass is 14.5. The van der Waals surface area contributed by atoms with E-state index >= 15 is 0 Å². The number of aryl methyl sites for hydroxylation is 1. The van der Waals surface area contributed by atoms with Gasteiger partial charge < -0.3 is 5.73 Å². The van der Waals surface area contributed by atoms with Crippen LogP contribution in [-0.2, 0) is 6.42 Å². The van der Waals surface area contributed by atoms with Crippen LogP contribution in [0.1, 0.15) is 12.0 Å². The van der Waals surface area contributed by atoms with E-state index in [9.17, 15) is 0 Å². The van der Waals surface area contributed by atoms with Gasteiger partial charge in [-0.25, -0.2) is 0 Å². The lowest BCUT2D eigenvalue weighted by atomic mass is 10.0. The summed E-state index contributed by atoms with van der Waals surface area (Å²) in [5.41, 5.74) is 10.3. The van der Waals surface area contributed by atoms with Gasteiger partial charge in [0, 0.05) is 5.69 Å². The van der Waals surface area contributed by atoms with Crippen LogP contribution in [0.3, 0.4) is 0 Å². The summed E-state index contributed by atoms with van der Waals surface area (Å²) in [6.45, 7) is 3.74. The lowest BCUT2D eigenvalue weighted by Crippen LogP contribution is -1.85. The van der Waals surface area contributed by atoms with Gasteiger partial charge in [0.25, 0.3) is 0 Å². The Labute approximate surface area is 103 Å². The molecule has 2 N–H and O–H groups in total. The number of hydrogen-bond acceptors (Lipinski definition) is 1. The summed E-state index contributed by atoms with van der Waals surface area (Å²) in [5, 5.41) is 0. The van der Waals surface area contributed by atoms with Crippen molar-refractivity contribution in [1.82, 2.24) is 0 Å². The third kappa shape index (κ3) is 2.97. The van der Waals surface area contributed by atoms with Gasteiger partial charge in [0.1, 0.15) is 0 Å². The highest BCUT2D eigenvalue weighted by molar-refractivity contribution is 5.65. The summed E-state index contributed by atoms with van der Waals surface area (Å²) < 4.78 is 0. The highest BCUT2D eigenvalue weighted by Gasteiger charge is 1.97. The number of nitrogens with two attached hydrogens (primary N) is 1. The van der Waals surface area contributed by atoms with E-state index < -0.39 is 0 Å². The van der Waals surface area contributed by atoms with Crippen LogP contribution in [0.2, 0.25) is 0 Å². The number of anilines is 1. The van der Waals surface area contributed by atoms with Crippen molar-refractivity contribution in [3.8, 4) is 11.1 Å². The molecule has 1 heteroatoms. The van der Waals surface area contributed by atoms with Crippen LogP contribution in [0.4, 0.5) is 5.69 Å². The highest BCUT2D eigenvalue weighted by Crippen LogP contribution is 2.21. The summed E-state index contributed by atoms with van der Waals surface area (Å²) >= 11 is 0. The minimum atomic E-state index is 0.802. The van der Waals surface area contributed by atoms with Crippen LogP contribution in [0, 0.1) is 0 Å². The topological polar surface area (TPSA) is 26.0 Å². The molecule has 0 saturated heterocycles. The minimum absolute atomic E-state index is 0.802. The Balaban J connectivity index is 2.17. The number of rotatable bonds is 4. The van der Waals surface area contributed by atoms with Gasteiger partial charge in [-0.3, -0.25) is 0 Å². The Morgan fingerprint density at radius 1 is 0.882 bits per heavy atom. The Hall–Kier alpha value is -2.02. The van der Waals surface area contributed by atoms with E-state index in [1.807, 2.05) is 30.3 Å².